The Morgan fingerprint density at radius 3 is 2.23 bits per heavy atom. The molecular weight excluding hydrogens is 346 g/mol. The molecule has 1 unspecified atom stereocenters. The Morgan fingerprint density at radius 2 is 1.64 bits per heavy atom. The highest BCUT2D eigenvalue weighted by atomic mass is 79.9. The van der Waals surface area contributed by atoms with Gasteiger partial charge in [0.05, 0.1) is 0 Å². The van der Waals surface area contributed by atoms with Crippen LogP contribution in [0.3, 0.4) is 0 Å². The van der Waals surface area contributed by atoms with E-state index in [1.54, 1.807) is 23.6 Å². The molecule has 2 N–H and O–H groups in total. The molecule has 1 aromatic carbocycles. The number of carbonyl (C=O) groups excluding carboxylic acids is 2. The van der Waals surface area contributed by atoms with Crippen LogP contribution in [0.4, 0.5) is 0 Å². The summed E-state index contributed by atoms with van der Waals surface area (Å²) in [5.41, 5.74) is 6.04. The lowest BCUT2D eigenvalue weighted by Crippen LogP contribution is -2.51. The lowest BCUT2D eigenvalue weighted by molar-refractivity contribution is -0.137. The van der Waals surface area contributed by atoms with E-state index in [1.807, 2.05) is 24.3 Å². The molecule has 0 bridgehead atoms. The Labute approximate surface area is 139 Å². The van der Waals surface area contributed by atoms with Crippen molar-refractivity contribution in [1.29, 1.82) is 0 Å². The Kier molecular flexibility index (Phi) is 5.24. The van der Waals surface area contributed by atoms with E-state index in [4.69, 9.17) is 5.73 Å². The lowest BCUT2D eigenvalue weighted by atomic mass is 9.91. The molecule has 5 nitrogen and oxygen atoms in total. The van der Waals surface area contributed by atoms with Crippen molar-refractivity contribution in [2.45, 2.75) is 25.8 Å². The highest BCUT2D eigenvalue weighted by molar-refractivity contribution is 9.10. The van der Waals surface area contributed by atoms with Gasteiger partial charge in [0.25, 0.3) is 0 Å². The van der Waals surface area contributed by atoms with Crippen LogP contribution in [0.15, 0.2) is 28.7 Å². The molecule has 2 rings (SSSR count). The second-order valence-corrected chi connectivity index (χ2v) is 6.78. The number of rotatable bonds is 2. The number of amides is 2. The molecule has 1 aromatic rings. The maximum Gasteiger partial charge on any atom is 0.247 e. The average Bonchev–Trinajstić information content (AvgIpc) is 2.72. The van der Waals surface area contributed by atoms with Gasteiger partial charge in [-0.1, -0.05) is 28.1 Å². The summed E-state index contributed by atoms with van der Waals surface area (Å²) in [5, 5.41) is 0. The molecule has 0 spiro atoms. The highest BCUT2D eigenvalue weighted by Crippen LogP contribution is 2.23. The molecule has 22 heavy (non-hydrogen) atoms. The summed E-state index contributed by atoms with van der Waals surface area (Å²) in [4.78, 5) is 27.8. The first-order valence-electron chi connectivity index (χ1n) is 7.42. The predicted octanol–water partition coefficient (Wildman–Crippen LogP) is 1.70. The zero-order valence-electron chi connectivity index (χ0n) is 13.0. The maximum absolute atomic E-state index is 12.8. The van der Waals surface area contributed by atoms with Gasteiger partial charge in [-0.3, -0.25) is 9.59 Å². The third kappa shape index (κ3) is 3.67. The Hall–Kier alpha value is -1.40. The molecule has 1 atom stereocenters. The zero-order chi connectivity index (χ0) is 16.3. The van der Waals surface area contributed by atoms with Crippen LogP contribution in [0.5, 0.6) is 0 Å². The summed E-state index contributed by atoms with van der Waals surface area (Å²) < 4.78 is 0.950. The van der Waals surface area contributed by atoms with E-state index in [1.165, 1.54) is 0 Å². The SMILES string of the molecule is CC(=O)N1CCCN(C(=O)C(C)(N)c2ccc(Br)cc2)CC1. The Balaban J connectivity index is 2.12. The normalized spacial score (nSPS) is 18.5. The molecule has 2 amide bonds. The molecule has 0 aliphatic carbocycles. The molecule has 120 valence electrons. The van der Waals surface area contributed by atoms with Crippen LogP contribution in [0.25, 0.3) is 0 Å². The highest BCUT2D eigenvalue weighted by Gasteiger charge is 2.35. The van der Waals surface area contributed by atoms with E-state index in [2.05, 4.69) is 15.9 Å². The smallest absolute Gasteiger partial charge is 0.247 e. The van der Waals surface area contributed by atoms with Gasteiger partial charge in [-0.15, -0.1) is 0 Å². The van der Waals surface area contributed by atoms with E-state index in [9.17, 15) is 9.59 Å². The molecule has 1 saturated heterocycles. The van der Waals surface area contributed by atoms with Crippen LogP contribution < -0.4 is 5.73 Å². The second kappa shape index (κ2) is 6.79. The summed E-state index contributed by atoms with van der Waals surface area (Å²) in [5.74, 6) is -0.0436. The van der Waals surface area contributed by atoms with Crippen molar-refractivity contribution in [1.82, 2.24) is 9.80 Å². The largest absolute Gasteiger partial charge is 0.341 e. The summed E-state index contributed by atoms with van der Waals surface area (Å²) in [6, 6.07) is 7.49. The van der Waals surface area contributed by atoms with Crippen molar-refractivity contribution in [3.8, 4) is 0 Å². The van der Waals surface area contributed by atoms with Crippen molar-refractivity contribution in [3.05, 3.63) is 34.3 Å². The van der Waals surface area contributed by atoms with Crippen molar-refractivity contribution < 1.29 is 9.59 Å². The first-order valence-corrected chi connectivity index (χ1v) is 8.21. The summed E-state index contributed by atoms with van der Waals surface area (Å²) >= 11 is 3.38. The third-order valence-corrected chi connectivity index (χ3v) is 4.65. The summed E-state index contributed by atoms with van der Waals surface area (Å²) in [6.45, 7) is 5.72. The molecule has 6 heteroatoms. The third-order valence-electron chi connectivity index (χ3n) is 4.12. The standard InChI is InChI=1S/C16H22BrN3O2/c1-12(21)19-8-3-9-20(11-10-19)15(22)16(2,18)13-4-6-14(17)7-5-13/h4-7H,3,8-11,18H2,1-2H3. The van der Waals surface area contributed by atoms with Gasteiger partial charge in [0, 0.05) is 37.6 Å². The number of hydrogen-bond acceptors (Lipinski definition) is 3. The number of carbonyl (C=O) groups is 2. The van der Waals surface area contributed by atoms with Crippen LogP contribution >= 0.6 is 15.9 Å². The number of halogens is 1. The van der Waals surface area contributed by atoms with E-state index in [-0.39, 0.29) is 11.8 Å². The van der Waals surface area contributed by atoms with Crippen molar-refractivity contribution in [3.63, 3.8) is 0 Å². The fourth-order valence-electron chi connectivity index (χ4n) is 2.68. The predicted molar refractivity (Wildman–Crippen MR) is 89.1 cm³/mol. The van der Waals surface area contributed by atoms with Gasteiger partial charge >= 0.3 is 0 Å². The van der Waals surface area contributed by atoms with Gasteiger partial charge in [-0.05, 0) is 31.0 Å². The fraction of sp³-hybridized carbons (Fsp3) is 0.500. The van der Waals surface area contributed by atoms with Gasteiger partial charge in [-0.2, -0.15) is 0 Å². The van der Waals surface area contributed by atoms with Gasteiger partial charge in [0.15, 0.2) is 0 Å². The topological polar surface area (TPSA) is 66.6 Å². The molecule has 1 aliphatic rings. The van der Waals surface area contributed by atoms with E-state index >= 15 is 0 Å². The van der Waals surface area contributed by atoms with Crippen LogP contribution in [0.1, 0.15) is 25.8 Å². The van der Waals surface area contributed by atoms with Gasteiger partial charge in [0.2, 0.25) is 11.8 Å². The van der Waals surface area contributed by atoms with Gasteiger partial charge in [0.1, 0.15) is 5.54 Å². The quantitative estimate of drug-likeness (QED) is 0.864. The zero-order valence-corrected chi connectivity index (χ0v) is 14.6. The molecule has 1 aliphatic heterocycles. The Bertz CT molecular complexity index is 557. The van der Waals surface area contributed by atoms with Crippen molar-refractivity contribution in [2.24, 2.45) is 5.73 Å². The fourth-order valence-corrected chi connectivity index (χ4v) is 2.95. The average molecular weight is 368 g/mol. The molecule has 1 heterocycles. The van der Waals surface area contributed by atoms with Gasteiger partial charge < -0.3 is 15.5 Å². The van der Waals surface area contributed by atoms with Crippen LogP contribution in [0.2, 0.25) is 0 Å². The minimum atomic E-state index is -1.06. The van der Waals surface area contributed by atoms with Gasteiger partial charge in [-0.25, -0.2) is 0 Å². The number of benzene rings is 1. The second-order valence-electron chi connectivity index (χ2n) is 5.86. The number of nitrogens with two attached hydrogens (primary N) is 1. The first kappa shape index (κ1) is 17.0. The maximum atomic E-state index is 12.8. The molecular formula is C16H22BrN3O2. The summed E-state index contributed by atoms with van der Waals surface area (Å²) in [7, 11) is 0. The van der Waals surface area contributed by atoms with E-state index < -0.39 is 5.54 Å². The van der Waals surface area contributed by atoms with Crippen LogP contribution in [-0.2, 0) is 15.1 Å². The van der Waals surface area contributed by atoms with Crippen molar-refractivity contribution >= 4 is 27.7 Å². The lowest BCUT2D eigenvalue weighted by Gasteiger charge is -2.31. The van der Waals surface area contributed by atoms with Crippen LogP contribution in [-0.4, -0.2) is 47.8 Å². The minimum Gasteiger partial charge on any atom is -0.341 e. The monoisotopic (exact) mass is 367 g/mol. The number of hydrogen-bond donors (Lipinski definition) is 1. The molecule has 0 aromatic heterocycles. The van der Waals surface area contributed by atoms with E-state index in [0.29, 0.717) is 26.2 Å². The van der Waals surface area contributed by atoms with Crippen LogP contribution in [0, 0.1) is 0 Å². The molecule has 0 saturated carbocycles. The minimum absolute atomic E-state index is 0.0534. The number of nitrogens with zero attached hydrogens (tertiary/aromatic N) is 2. The van der Waals surface area contributed by atoms with E-state index in [0.717, 1.165) is 16.5 Å². The first-order chi connectivity index (χ1) is 10.3. The summed E-state index contributed by atoms with van der Waals surface area (Å²) in [6.07, 6.45) is 0.780. The molecule has 1 fully saturated rings. The molecule has 0 radical (unpaired) electrons. The van der Waals surface area contributed by atoms with Crippen molar-refractivity contribution in [2.75, 3.05) is 26.2 Å². The Morgan fingerprint density at radius 1 is 1.09 bits per heavy atom.